The average Bonchev–Trinajstić information content (AvgIpc) is 3.18. The monoisotopic (exact) mass is 610 g/mol. The lowest BCUT2D eigenvalue weighted by Gasteiger charge is -2.49. The van der Waals surface area contributed by atoms with E-state index in [1.54, 1.807) is 13.8 Å². The van der Waals surface area contributed by atoms with Crippen LogP contribution in [0.1, 0.15) is 105 Å². The third-order valence-electron chi connectivity index (χ3n) is 10.2. The molecule has 3 fully saturated rings. The summed E-state index contributed by atoms with van der Waals surface area (Å²) in [6.07, 6.45) is -1.06. The first-order valence-corrected chi connectivity index (χ1v) is 15.1. The second-order valence-corrected chi connectivity index (χ2v) is 14.2. The molecule has 3 saturated carbocycles. The van der Waals surface area contributed by atoms with Crippen LogP contribution in [0, 0.1) is 22.7 Å². The summed E-state index contributed by atoms with van der Waals surface area (Å²) < 4.78 is 80.1. The van der Waals surface area contributed by atoms with Crippen molar-refractivity contribution in [2.24, 2.45) is 22.7 Å². The van der Waals surface area contributed by atoms with Crippen LogP contribution in [0.15, 0.2) is 35.5 Å². The van der Waals surface area contributed by atoms with E-state index in [-0.39, 0.29) is 29.7 Å². The molecule has 0 saturated heterocycles. The number of aliphatic hydroxyl groups excluding tert-OH is 2. The van der Waals surface area contributed by atoms with Crippen molar-refractivity contribution in [3.8, 4) is 0 Å². The number of allylic oxidation sites excluding steroid dienone is 4. The van der Waals surface area contributed by atoms with Gasteiger partial charge in [0.1, 0.15) is 0 Å². The highest BCUT2D eigenvalue weighted by atomic mass is 19.4. The Morgan fingerprint density at radius 1 is 0.881 bits per heavy atom. The summed E-state index contributed by atoms with van der Waals surface area (Å²) in [5.74, 6) is 0.201. The van der Waals surface area contributed by atoms with Gasteiger partial charge >= 0.3 is 12.4 Å². The number of hydrogen-bond acceptors (Lipinski definition) is 4. The SMILES string of the molecule is CC(C)(O)CCC[C@](C)(C/C=C\C(O)(C(F)(F)F)C(F)(F)F)C1CCC2/C(=C/C=C3C[C@@H](O)C[C@H](O)C3)CCC[C@@]21C. The maximum Gasteiger partial charge on any atom is 0.429 e. The van der Waals surface area contributed by atoms with E-state index in [4.69, 9.17) is 0 Å². The minimum Gasteiger partial charge on any atom is -0.393 e. The second-order valence-electron chi connectivity index (χ2n) is 14.2. The summed E-state index contributed by atoms with van der Waals surface area (Å²) in [5.41, 5.74) is -4.53. The Hall–Kier alpha value is -1.36. The van der Waals surface area contributed by atoms with Gasteiger partial charge in [0.05, 0.1) is 17.8 Å². The molecule has 4 N–H and O–H groups in total. The molecule has 3 aliphatic carbocycles. The summed E-state index contributed by atoms with van der Waals surface area (Å²) in [7, 11) is 0. The maximum absolute atomic E-state index is 13.3. The van der Waals surface area contributed by atoms with E-state index < -0.39 is 41.2 Å². The standard InChI is InChI=1S/C32H48F6O4/c1-27(2,41)13-6-14-28(3,15-7-17-30(42,31(33,34)35)32(36,37)38)26-12-11-25-22(8-5-16-29(25,26)4)10-9-21-18-23(39)20-24(40)19-21/h7,9-10,17,23-26,39-42H,5-6,8,11-16,18-20H2,1-4H3/b17-7-,22-10+/t23-,24-,25?,26?,28-,29+/m1/s1. The van der Waals surface area contributed by atoms with Crippen LogP contribution in [0.4, 0.5) is 26.3 Å². The molecular formula is C32H48F6O4. The third-order valence-corrected chi connectivity index (χ3v) is 10.2. The second kappa shape index (κ2) is 12.6. The van der Waals surface area contributed by atoms with Gasteiger partial charge in [0.2, 0.25) is 0 Å². The summed E-state index contributed by atoms with van der Waals surface area (Å²) >= 11 is 0. The fraction of sp³-hybridized carbons (Fsp3) is 0.812. The van der Waals surface area contributed by atoms with Gasteiger partial charge in [-0.2, -0.15) is 26.3 Å². The van der Waals surface area contributed by atoms with Crippen molar-refractivity contribution in [3.63, 3.8) is 0 Å². The number of rotatable bonds is 9. The normalized spacial score (nSPS) is 32.3. The van der Waals surface area contributed by atoms with Gasteiger partial charge < -0.3 is 20.4 Å². The number of halogens is 6. The smallest absolute Gasteiger partial charge is 0.393 e. The van der Waals surface area contributed by atoms with Crippen molar-refractivity contribution >= 4 is 0 Å². The first-order chi connectivity index (χ1) is 19.1. The van der Waals surface area contributed by atoms with Crippen molar-refractivity contribution in [1.29, 1.82) is 0 Å². The lowest BCUT2D eigenvalue weighted by molar-refractivity contribution is -0.347. The molecule has 0 aromatic rings. The molecule has 42 heavy (non-hydrogen) atoms. The molecule has 0 radical (unpaired) electrons. The molecule has 4 nitrogen and oxygen atoms in total. The Balaban J connectivity index is 1.91. The number of hydrogen-bond donors (Lipinski definition) is 4. The fourth-order valence-corrected chi connectivity index (χ4v) is 8.11. The quantitative estimate of drug-likeness (QED) is 0.159. The van der Waals surface area contributed by atoms with E-state index in [9.17, 15) is 46.8 Å². The molecule has 6 atom stereocenters. The lowest BCUT2D eigenvalue weighted by Crippen LogP contribution is -2.55. The summed E-state index contributed by atoms with van der Waals surface area (Å²) in [6, 6.07) is 0. The van der Waals surface area contributed by atoms with Crippen molar-refractivity contribution in [2.75, 3.05) is 0 Å². The molecule has 0 aliphatic heterocycles. The van der Waals surface area contributed by atoms with E-state index in [0.717, 1.165) is 43.8 Å². The van der Waals surface area contributed by atoms with Crippen LogP contribution in [0.5, 0.6) is 0 Å². The topological polar surface area (TPSA) is 80.9 Å². The molecule has 0 heterocycles. The van der Waals surface area contributed by atoms with Crippen LogP contribution in [0.3, 0.4) is 0 Å². The number of alkyl halides is 6. The fourth-order valence-electron chi connectivity index (χ4n) is 8.11. The summed E-state index contributed by atoms with van der Waals surface area (Å²) in [6.45, 7) is 7.44. The minimum atomic E-state index is -5.91. The summed E-state index contributed by atoms with van der Waals surface area (Å²) in [5, 5.41) is 40.1. The molecule has 10 heteroatoms. The molecule has 0 spiro atoms. The van der Waals surface area contributed by atoms with Crippen LogP contribution in [-0.2, 0) is 0 Å². The molecule has 3 rings (SSSR count). The first kappa shape index (κ1) is 35.1. The molecule has 0 amide bonds. The molecule has 0 aromatic carbocycles. The van der Waals surface area contributed by atoms with Gasteiger partial charge in [-0.05, 0) is 113 Å². The number of aliphatic hydroxyl groups is 4. The van der Waals surface area contributed by atoms with E-state index in [0.29, 0.717) is 38.5 Å². The highest BCUT2D eigenvalue weighted by molar-refractivity contribution is 5.27. The van der Waals surface area contributed by atoms with Crippen LogP contribution in [0.2, 0.25) is 0 Å². The minimum absolute atomic E-state index is 0.000925. The maximum atomic E-state index is 13.3. The predicted molar refractivity (Wildman–Crippen MR) is 149 cm³/mol. The first-order valence-electron chi connectivity index (χ1n) is 15.1. The van der Waals surface area contributed by atoms with Gasteiger partial charge in [-0.1, -0.05) is 49.6 Å². The molecule has 242 valence electrons. The molecule has 0 bridgehead atoms. The van der Waals surface area contributed by atoms with E-state index >= 15 is 0 Å². The number of fused-ring (bicyclic) bond motifs is 1. The molecular weight excluding hydrogens is 562 g/mol. The van der Waals surface area contributed by atoms with E-state index in [1.807, 2.05) is 13.0 Å². The Labute approximate surface area is 245 Å². The lowest BCUT2D eigenvalue weighted by atomic mass is 9.55. The highest BCUT2D eigenvalue weighted by Crippen LogP contribution is 2.64. The zero-order valence-corrected chi connectivity index (χ0v) is 25.2. The molecule has 0 aromatic heterocycles. The van der Waals surface area contributed by atoms with Gasteiger partial charge in [0.25, 0.3) is 5.60 Å². The van der Waals surface area contributed by atoms with Crippen LogP contribution in [-0.4, -0.2) is 56.2 Å². The highest BCUT2D eigenvalue weighted by Gasteiger charge is 2.69. The van der Waals surface area contributed by atoms with E-state index in [2.05, 4.69) is 13.0 Å². The van der Waals surface area contributed by atoms with Gasteiger partial charge in [0.15, 0.2) is 0 Å². The van der Waals surface area contributed by atoms with Crippen molar-refractivity contribution < 1.29 is 46.8 Å². The third kappa shape index (κ3) is 7.83. The largest absolute Gasteiger partial charge is 0.429 e. The van der Waals surface area contributed by atoms with Gasteiger partial charge in [-0.15, -0.1) is 0 Å². The molecule has 3 aliphatic rings. The Bertz CT molecular complexity index is 997. The Kier molecular flexibility index (Phi) is 10.5. The van der Waals surface area contributed by atoms with Gasteiger partial charge in [-0.3, -0.25) is 0 Å². The van der Waals surface area contributed by atoms with Crippen molar-refractivity contribution in [1.82, 2.24) is 0 Å². The van der Waals surface area contributed by atoms with Gasteiger partial charge in [0, 0.05) is 0 Å². The molecule has 2 unspecified atom stereocenters. The van der Waals surface area contributed by atoms with Crippen LogP contribution >= 0.6 is 0 Å². The Morgan fingerprint density at radius 3 is 2.02 bits per heavy atom. The van der Waals surface area contributed by atoms with Crippen molar-refractivity contribution in [2.45, 2.75) is 141 Å². The summed E-state index contributed by atoms with van der Waals surface area (Å²) in [4.78, 5) is 0. The van der Waals surface area contributed by atoms with Gasteiger partial charge in [-0.25, -0.2) is 0 Å². The van der Waals surface area contributed by atoms with Crippen LogP contribution in [0.25, 0.3) is 0 Å². The average molecular weight is 611 g/mol. The van der Waals surface area contributed by atoms with E-state index in [1.165, 1.54) is 5.57 Å². The zero-order valence-electron chi connectivity index (χ0n) is 25.2. The van der Waals surface area contributed by atoms with Crippen LogP contribution < -0.4 is 0 Å². The zero-order chi connectivity index (χ0) is 31.8. The predicted octanol–water partition coefficient (Wildman–Crippen LogP) is 7.71. The van der Waals surface area contributed by atoms with Crippen molar-refractivity contribution in [3.05, 3.63) is 35.5 Å². The Morgan fingerprint density at radius 2 is 1.48 bits per heavy atom.